The zero-order valence-corrected chi connectivity index (χ0v) is 26.4. The van der Waals surface area contributed by atoms with Crippen molar-refractivity contribution >= 4 is 40.1 Å². The van der Waals surface area contributed by atoms with E-state index in [2.05, 4.69) is 20.7 Å². The Bertz CT molecular complexity index is 1580. The molecule has 3 aromatic rings. The van der Waals surface area contributed by atoms with Crippen LogP contribution >= 0.6 is 0 Å². The Morgan fingerprint density at radius 2 is 1.73 bits per heavy atom. The highest BCUT2D eigenvalue weighted by molar-refractivity contribution is 6.50. The predicted molar refractivity (Wildman–Crippen MR) is 172 cm³/mol. The molecule has 240 valence electrons. The Balaban J connectivity index is 1.73. The lowest BCUT2D eigenvalue weighted by molar-refractivity contribution is -0.110. The van der Waals surface area contributed by atoms with Crippen molar-refractivity contribution in [1.82, 2.24) is 10.3 Å². The fraction of sp³-hybridized carbons (Fsp3) is 0.394. The number of hydrogen-bond donors (Lipinski definition) is 3. The highest BCUT2D eigenvalue weighted by Gasteiger charge is 2.26. The molecule has 0 spiro atoms. The molecule has 3 amide bonds. The summed E-state index contributed by atoms with van der Waals surface area (Å²) in [6.07, 6.45) is -0.821. The third-order valence-electron chi connectivity index (χ3n) is 7.33. The Hall–Kier alpha value is -4.68. The first-order valence-corrected chi connectivity index (χ1v) is 14.8. The molecule has 1 fully saturated rings. The SMILES string of the molecule is CCOC(=O)NN=C(C(=O)Nc1cc(C(C)(C)C)cc(C(N)=O)c1OC)c1ccc(OCCN2CCOCC2)c2ccccc12. The van der Waals surface area contributed by atoms with Crippen molar-refractivity contribution in [2.75, 3.05) is 58.5 Å². The highest BCUT2D eigenvalue weighted by atomic mass is 16.5. The summed E-state index contributed by atoms with van der Waals surface area (Å²) in [5, 5.41) is 8.45. The van der Waals surface area contributed by atoms with Gasteiger partial charge < -0.3 is 30.0 Å². The Labute approximate surface area is 262 Å². The monoisotopic (exact) mass is 619 g/mol. The number of carbonyl (C=O) groups is 3. The van der Waals surface area contributed by atoms with E-state index in [1.165, 1.54) is 7.11 Å². The number of rotatable bonds is 11. The van der Waals surface area contributed by atoms with Gasteiger partial charge in [0.05, 0.1) is 38.2 Å². The second kappa shape index (κ2) is 14.9. The Morgan fingerprint density at radius 3 is 2.38 bits per heavy atom. The van der Waals surface area contributed by atoms with Gasteiger partial charge in [0.15, 0.2) is 11.5 Å². The minimum Gasteiger partial charge on any atom is -0.494 e. The Kier molecular flexibility index (Phi) is 11.0. The first-order chi connectivity index (χ1) is 21.5. The molecule has 1 heterocycles. The van der Waals surface area contributed by atoms with Crippen molar-refractivity contribution in [2.24, 2.45) is 10.8 Å². The molecule has 0 unspecified atom stereocenters. The minimum absolute atomic E-state index is 0.107. The normalized spacial score (nSPS) is 14.1. The molecule has 0 aliphatic carbocycles. The lowest BCUT2D eigenvalue weighted by Gasteiger charge is -2.26. The molecule has 12 heteroatoms. The summed E-state index contributed by atoms with van der Waals surface area (Å²) in [4.78, 5) is 40.9. The number of methoxy groups -OCH3 is 1. The molecule has 1 aliphatic heterocycles. The molecule has 0 atom stereocenters. The molecular formula is C33H41N5O7. The molecule has 4 N–H and O–H groups in total. The second-order valence-electron chi connectivity index (χ2n) is 11.4. The molecular weight excluding hydrogens is 578 g/mol. The maximum atomic E-state index is 14.0. The van der Waals surface area contributed by atoms with Gasteiger partial charge in [0.25, 0.3) is 11.8 Å². The average molecular weight is 620 g/mol. The minimum atomic E-state index is -0.821. The predicted octanol–water partition coefficient (Wildman–Crippen LogP) is 4.04. The fourth-order valence-corrected chi connectivity index (χ4v) is 4.95. The third kappa shape index (κ3) is 8.28. The summed E-state index contributed by atoms with van der Waals surface area (Å²) < 4.78 is 22.1. The van der Waals surface area contributed by atoms with Gasteiger partial charge in [-0.05, 0) is 47.6 Å². The van der Waals surface area contributed by atoms with E-state index in [1.807, 2.05) is 45.0 Å². The molecule has 0 saturated carbocycles. The van der Waals surface area contributed by atoms with Crippen molar-refractivity contribution in [2.45, 2.75) is 33.1 Å². The number of hydrazone groups is 1. The van der Waals surface area contributed by atoms with Gasteiger partial charge in [0.1, 0.15) is 12.4 Å². The summed E-state index contributed by atoms with van der Waals surface area (Å²) in [7, 11) is 1.39. The van der Waals surface area contributed by atoms with E-state index in [0.717, 1.165) is 30.6 Å². The van der Waals surface area contributed by atoms with Gasteiger partial charge in [-0.15, -0.1) is 0 Å². The van der Waals surface area contributed by atoms with Crippen LogP contribution in [0, 0.1) is 0 Å². The van der Waals surface area contributed by atoms with Crippen LogP contribution in [-0.4, -0.2) is 81.7 Å². The number of morpholine rings is 1. The molecule has 0 radical (unpaired) electrons. The van der Waals surface area contributed by atoms with Gasteiger partial charge >= 0.3 is 6.09 Å². The van der Waals surface area contributed by atoms with E-state index >= 15 is 0 Å². The van der Waals surface area contributed by atoms with Crippen LogP contribution in [0.5, 0.6) is 11.5 Å². The van der Waals surface area contributed by atoms with E-state index in [-0.39, 0.29) is 34.7 Å². The number of nitrogens with one attached hydrogen (secondary N) is 2. The molecule has 3 aromatic carbocycles. The smallest absolute Gasteiger partial charge is 0.427 e. The van der Waals surface area contributed by atoms with Crippen LogP contribution in [0.15, 0.2) is 53.6 Å². The zero-order valence-electron chi connectivity index (χ0n) is 26.4. The number of nitrogens with two attached hydrogens (primary N) is 1. The van der Waals surface area contributed by atoms with Gasteiger partial charge in [0.2, 0.25) is 0 Å². The standard InChI is InChI=1S/C33H41N5O7/c1-6-44-32(41)37-36-28(31(40)35-26-20-21(33(2,3)4)19-25(30(34)39)29(26)42-5)24-11-12-27(23-10-8-7-9-22(23)24)45-18-15-38-13-16-43-17-14-38/h7-12,19-20H,6,13-18H2,1-5H3,(H2,34,39)(H,35,40)(H,37,41). The van der Waals surface area contributed by atoms with Crippen LogP contribution < -0.4 is 25.9 Å². The molecule has 0 aromatic heterocycles. The number of benzene rings is 3. The average Bonchev–Trinajstić information content (AvgIpc) is 3.01. The van der Waals surface area contributed by atoms with Crippen LogP contribution in [0.4, 0.5) is 10.5 Å². The fourth-order valence-electron chi connectivity index (χ4n) is 4.95. The van der Waals surface area contributed by atoms with Crippen LogP contribution in [0.25, 0.3) is 10.8 Å². The van der Waals surface area contributed by atoms with E-state index < -0.39 is 17.9 Å². The molecule has 1 aliphatic rings. The number of hydrogen-bond acceptors (Lipinski definition) is 9. The van der Waals surface area contributed by atoms with Gasteiger partial charge in [-0.25, -0.2) is 10.2 Å². The lowest BCUT2D eigenvalue weighted by atomic mass is 9.85. The van der Waals surface area contributed by atoms with Gasteiger partial charge in [-0.3, -0.25) is 14.5 Å². The number of nitrogens with zero attached hydrogens (tertiary/aromatic N) is 2. The maximum Gasteiger partial charge on any atom is 0.427 e. The van der Waals surface area contributed by atoms with Gasteiger partial charge in [0, 0.05) is 30.6 Å². The molecule has 0 bridgehead atoms. The van der Waals surface area contributed by atoms with Crippen LogP contribution in [0.3, 0.4) is 0 Å². The first-order valence-electron chi connectivity index (χ1n) is 14.8. The quantitative estimate of drug-likeness (QED) is 0.215. The molecule has 12 nitrogen and oxygen atoms in total. The summed E-state index contributed by atoms with van der Waals surface area (Å²) in [5.41, 5.74) is 9.02. The van der Waals surface area contributed by atoms with E-state index in [0.29, 0.717) is 36.5 Å². The highest BCUT2D eigenvalue weighted by Crippen LogP contribution is 2.36. The lowest BCUT2D eigenvalue weighted by Crippen LogP contribution is -2.38. The molecule has 45 heavy (non-hydrogen) atoms. The van der Waals surface area contributed by atoms with Crippen LogP contribution in [0.2, 0.25) is 0 Å². The summed E-state index contributed by atoms with van der Waals surface area (Å²) >= 11 is 0. The van der Waals surface area contributed by atoms with Gasteiger partial charge in [-0.2, -0.15) is 5.10 Å². The van der Waals surface area contributed by atoms with Crippen molar-refractivity contribution in [3.05, 3.63) is 65.2 Å². The number of carbonyl (C=O) groups excluding carboxylic acids is 3. The molecule has 1 saturated heterocycles. The maximum absolute atomic E-state index is 14.0. The van der Waals surface area contributed by atoms with E-state index in [1.54, 1.807) is 31.2 Å². The summed E-state index contributed by atoms with van der Waals surface area (Å²) in [6, 6.07) is 14.3. The largest absolute Gasteiger partial charge is 0.494 e. The van der Waals surface area contributed by atoms with E-state index in [9.17, 15) is 14.4 Å². The van der Waals surface area contributed by atoms with Crippen LogP contribution in [-0.2, 0) is 19.7 Å². The molecule has 4 rings (SSSR count). The first kappa shape index (κ1) is 33.2. The number of ether oxygens (including phenoxy) is 4. The summed E-state index contributed by atoms with van der Waals surface area (Å²) in [5.74, 6) is -0.624. The van der Waals surface area contributed by atoms with Crippen molar-refractivity contribution in [1.29, 1.82) is 0 Å². The number of amides is 3. The topological polar surface area (TPSA) is 154 Å². The number of anilines is 1. The van der Waals surface area contributed by atoms with Crippen molar-refractivity contribution < 1.29 is 33.3 Å². The summed E-state index contributed by atoms with van der Waals surface area (Å²) in [6.45, 7) is 12.0. The van der Waals surface area contributed by atoms with Crippen molar-refractivity contribution in [3.63, 3.8) is 0 Å². The van der Waals surface area contributed by atoms with E-state index in [4.69, 9.17) is 24.7 Å². The second-order valence-corrected chi connectivity index (χ2v) is 11.4. The third-order valence-corrected chi connectivity index (χ3v) is 7.33. The van der Waals surface area contributed by atoms with Crippen LogP contribution in [0.1, 0.15) is 49.2 Å². The number of fused-ring (bicyclic) bond motifs is 1. The Morgan fingerprint density at radius 1 is 1.02 bits per heavy atom. The van der Waals surface area contributed by atoms with Gasteiger partial charge in [-0.1, -0.05) is 45.0 Å². The number of primary amides is 1. The zero-order chi connectivity index (χ0) is 32.6. The van der Waals surface area contributed by atoms with Crippen molar-refractivity contribution in [3.8, 4) is 11.5 Å².